The molecule has 0 aliphatic rings. The molecule has 5 nitrogen and oxygen atoms in total. The van der Waals surface area contributed by atoms with Crippen molar-refractivity contribution in [2.75, 3.05) is 0 Å². The summed E-state index contributed by atoms with van der Waals surface area (Å²) in [5.74, 6) is -0.126. The second-order valence-corrected chi connectivity index (χ2v) is 5.18. The van der Waals surface area contributed by atoms with Gasteiger partial charge < -0.3 is 9.63 Å². The number of thiazole rings is 1. The molecule has 3 aromatic rings. The first-order valence-electron chi connectivity index (χ1n) is 5.84. The molecule has 3 rings (SSSR count). The molecule has 0 radical (unpaired) electrons. The summed E-state index contributed by atoms with van der Waals surface area (Å²) in [6.07, 6.45) is 0.462. The van der Waals surface area contributed by atoms with Gasteiger partial charge in [-0.2, -0.15) is 4.98 Å². The van der Waals surface area contributed by atoms with Crippen LogP contribution in [0.4, 0.5) is 4.39 Å². The molecule has 0 atom stereocenters. The van der Waals surface area contributed by atoms with Gasteiger partial charge in [-0.25, -0.2) is 9.37 Å². The number of phenols is 1. The lowest BCUT2D eigenvalue weighted by Crippen LogP contribution is -1.90. The fourth-order valence-corrected chi connectivity index (χ4v) is 2.51. The molecule has 20 heavy (non-hydrogen) atoms. The lowest BCUT2D eigenvalue weighted by Gasteiger charge is -1.98. The van der Waals surface area contributed by atoms with Crippen LogP contribution in [0.1, 0.15) is 16.5 Å². The Bertz CT molecular complexity index is 754. The molecule has 0 spiro atoms. The van der Waals surface area contributed by atoms with Crippen molar-refractivity contribution in [3.05, 3.63) is 45.9 Å². The monoisotopic (exact) mass is 291 g/mol. The van der Waals surface area contributed by atoms with Gasteiger partial charge in [0.25, 0.3) is 5.89 Å². The fourth-order valence-electron chi connectivity index (χ4n) is 1.74. The first-order chi connectivity index (χ1) is 9.61. The van der Waals surface area contributed by atoms with E-state index in [1.54, 1.807) is 0 Å². The van der Waals surface area contributed by atoms with Crippen molar-refractivity contribution in [3.8, 4) is 17.2 Å². The van der Waals surface area contributed by atoms with Gasteiger partial charge in [0.05, 0.1) is 12.0 Å². The van der Waals surface area contributed by atoms with Gasteiger partial charge in [-0.05, 0) is 19.1 Å². The maximum atomic E-state index is 12.9. The molecule has 7 heteroatoms. The van der Waals surface area contributed by atoms with Gasteiger partial charge in [0.15, 0.2) is 5.82 Å². The highest BCUT2D eigenvalue weighted by molar-refractivity contribution is 7.09. The van der Waals surface area contributed by atoms with Crippen molar-refractivity contribution >= 4 is 11.3 Å². The normalized spacial score (nSPS) is 10.9. The highest BCUT2D eigenvalue weighted by Crippen LogP contribution is 2.28. The predicted molar refractivity (Wildman–Crippen MR) is 71.0 cm³/mol. The first kappa shape index (κ1) is 12.7. The number of halogens is 1. The van der Waals surface area contributed by atoms with Gasteiger partial charge in [-0.15, -0.1) is 11.3 Å². The molecule has 0 bridgehead atoms. The Morgan fingerprint density at radius 2 is 2.20 bits per heavy atom. The Morgan fingerprint density at radius 3 is 2.90 bits per heavy atom. The smallest absolute Gasteiger partial charge is 0.261 e. The van der Waals surface area contributed by atoms with Crippen LogP contribution in [0, 0.1) is 12.7 Å². The number of aromatic hydroxyl groups is 1. The fraction of sp³-hybridized carbons (Fsp3) is 0.154. The van der Waals surface area contributed by atoms with Gasteiger partial charge >= 0.3 is 0 Å². The predicted octanol–water partition coefficient (Wildman–Crippen LogP) is 2.94. The second-order valence-electron chi connectivity index (χ2n) is 4.24. The van der Waals surface area contributed by atoms with Crippen LogP contribution in [0.15, 0.2) is 28.1 Å². The first-order valence-corrected chi connectivity index (χ1v) is 6.72. The van der Waals surface area contributed by atoms with Crippen molar-refractivity contribution in [1.29, 1.82) is 0 Å². The maximum Gasteiger partial charge on any atom is 0.261 e. The van der Waals surface area contributed by atoms with Crippen LogP contribution in [-0.2, 0) is 6.42 Å². The Labute approximate surface area is 117 Å². The molecular formula is C13H10FN3O2S. The Balaban J connectivity index is 1.86. The SMILES string of the molecule is Cc1csc(Cc2noc(-c3ccc(F)cc3O)n2)n1. The van der Waals surface area contributed by atoms with Crippen LogP contribution in [0.25, 0.3) is 11.5 Å². The van der Waals surface area contributed by atoms with E-state index in [1.807, 2.05) is 12.3 Å². The van der Waals surface area contributed by atoms with E-state index in [1.165, 1.54) is 23.5 Å². The van der Waals surface area contributed by atoms with E-state index in [2.05, 4.69) is 15.1 Å². The molecule has 2 heterocycles. The lowest BCUT2D eigenvalue weighted by molar-refractivity contribution is 0.418. The molecule has 0 saturated carbocycles. The number of hydrogen-bond donors (Lipinski definition) is 1. The maximum absolute atomic E-state index is 12.9. The summed E-state index contributed by atoms with van der Waals surface area (Å²) in [6.45, 7) is 1.91. The van der Waals surface area contributed by atoms with E-state index in [9.17, 15) is 9.50 Å². The third-order valence-corrected chi connectivity index (χ3v) is 3.60. The number of rotatable bonds is 3. The molecule has 2 aromatic heterocycles. The zero-order chi connectivity index (χ0) is 14.1. The summed E-state index contributed by atoms with van der Waals surface area (Å²) < 4.78 is 18.0. The summed E-state index contributed by atoms with van der Waals surface area (Å²) in [5, 5.41) is 16.3. The standard InChI is InChI=1S/C13H10FN3O2S/c1-7-6-20-12(15-7)5-11-16-13(19-17-11)9-3-2-8(14)4-10(9)18/h2-4,6,18H,5H2,1H3. The topological polar surface area (TPSA) is 72.0 Å². The quantitative estimate of drug-likeness (QED) is 0.803. The van der Waals surface area contributed by atoms with Crippen LogP contribution >= 0.6 is 11.3 Å². The van der Waals surface area contributed by atoms with E-state index >= 15 is 0 Å². The molecule has 1 aromatic carbocycles. The molecule has 0 aliphatic heterocycles. The lowest BCUT2D eigenvalue weighted by atomic mass is 10.2. The zero-order valence-corrected chi connectivity index (χ0v) is 11.3. The molecular weight excluding hydrogens is 281 g/mol. The van der Waals surface area contributed by atoms with Crippen LogP contribution in [0.5, 0.6) is 5.75 Å². The average Bonchev–Trinajstić information content (AvgIpc) is 2.99. The summed E-state index contributed by atoms with van der Waals surface area (Å²) in [6, 6.07) is 3.63. The van der Waals surface area contributed by atoms with Gasteiger partial charge in [-0.3, -0.25) is 0 Å². The Morgan fingerprint density at radius 1 is 1.35 bits per heavy atom. The van der Waals surface area contributed by atoms with Crippen LogP contribution in [-0.4, -0.2) is 20.2 Å². The van der Waals surface area contributed by atoms with E-state index in [4.69, 9.17) is 4.52 Å². The number of aryl methyl sites for hydroxylation is 1. The van der Waals surface area contributed by atoms with Gasteiger partial charge in [-0.1, -0.05) is 5.16 Å². The van der Waals surface area contributed by atoms with Crippen molar-refractivity contribution < 1.29 is 14.0 Å². The number of hydrogen-bond acceptors (Lipinski definition) is 6. The molecule has 102 valence electrons. The van der Waals surface area contributed by atoms with E-state index in [0.29, 0.717) is 17.8 Å². The minimum absolute atomic E-state index is 0.158. The summed E-state index contributed by atoms with van der Waals surface area (Å²) >= 11 is 1.52. The molecule has 0 unspecified atom stereocenters. The average molecular weight is 291 g/mol. The van der Waals surface area contributed by atoms with Crippen LogP contribution in [0.2, 0.25) is 0 Å². The van der Waals surface area contributed by atoms with E-state index < -0.39 is 5.82 Å². The summed E-state index contributed by atoms with van der Waals surface area (Å²) in [7, 11) is 0. The number of aromatic nitrogens is 3. The number of benzene rings is 1. The molecule has 0 fully saturated rings. The van der Waals surface area contributed by atoms with E-state index in [0.717, 1.165) is 16.8 Å². The largest absolute Gasteiger partial charge is 0.507 e. The second kappa shape index (κ2) is 5.01. The van der Waals surface area contributed by atoms with Crippen LogP contribution < -0.4 is 0 Å². The van der Waals surface area contributed by atoms with Gasteiger partial charge in [0, 0.05) is 17.1 Å². The Kier molecular flexibility index (Phi) is 3.19. The molecule has 0 amide bonds. The zero-order valence-electron chi connectivity index (χ0n) is 10.5. The third-order valence-electron chi connectivity index (χ3n) is 2.63. The van der Waals surface area contributed by atoms with Crippen molar-refractivity contribution in [2.24, 2.45) is 0 Å². The minimum atomic E-state index is -0.524. The third kappa shape index (κ3) is 2.53. The van der Waals surface area contributed by atoms with Crippen molar-refractivity contribution in [2.45, 2.75) is 13.3 Å². The number of phenolic OH excluding ortho intramolecular Hbond substituents is 1. The highest BCUT2D eigenvalue weighted by atomic mass is 32.1. The van der Waals surface area contributed by atoms with Crippen molar-refractivity contribution in [1.82, 2.24) is 15.1 Å². The molecule has 0 aliphatic carbocycles. The van der Waals surface area contributed by atoms with Crippen molar-refractivity contribution in [3.63, 3.8) is 0 Å². The summed E-state index contributed by atoms with van der Waals surface area (Å²) in [5.41, 5.74) is 1.25. The van der Waals surface area contributed by atoms with Gasteiger partial charge in [0.2, 0.25) is 0 Å². The minimum Gasteiger partial charge on any atom is -0.507 e. The Hall–Kier alpha value is -2.28. The number of nitrogens with zero attached hydrogens (tertiary/aromatic N) is 3. The molecule has 1 N–H and O–H groups in total. The molecule has 0 saturated heterocycles. The van der Waals surface area contributed by atoms with Gasteiger partial charge in [0.1, 0.15) is 16.6 Å². The van der Waals surface area contributed by atoms with E-state index in [-0.39, 0.29) is 11.6 Å². The van der Waals surface area contributed by atoms with Crippen LogP contribution in [0.3, 0.4) is 0 Å². The summed E-state index contributed by atoms with van der Waals surface area (Å²) in [4.78, 5) is 8.50. The highest BCUT2D eigenvalue weighted by Gasteiger charge is 2.14.